The van der Waals surface area contributed by atoms with Crippen LogP contribution in [0.2, 0.25) is 0 Å². The first-order valence-corrected chi connectivity index (χ1v) is 4.58. The van der Waals surface area contributed by atoms with E-state index in [0.29, 0.717) is 0 Å². The summed E-state index contributed by atoms with van der Waals surface area (Å²) in [6.45, 7) is 2.01. The van der Waals surface area contributed by atoms with E-state index in [4.69, 9.17) is 11.6 Å². The van der Waals surface area contributed by atoms with E-state index in [0.717, 1.165) is 17.9 Å². The minimum atomic E-state index is -0.136. The van der Waals surface area contributed by atoms with Gasteiger partial charge in [0, 0.05) is 11.5 Å². The van der Waals surface area contributed by atoms with Crippen molar-refractivity contribution in [2.75, 3.05) is 5.75 Å². The van der Waals surface area contributed by atoms with Gasteiger partial charge in [-0.2, -0.15) is 5.10 Å². The van der Waals surface area contributed by atoms with Crippen molar-refractivity contribution in [3.05, 3.63) is 0 Å². The Morgan fingerprint density at radius 1 is 1.80 bits per heavy atom. The van der Waals surface area contributed by atoms with Gasteiger partial charge >= 0.3 is 0 Å². The quantitative estimate of drug-likeness (QED) is 0.195. The summed E-state index contributed by atoms with van der Waals surface area (Å²) in [6, 6.07) is 0. The van der Waals surface area contributed by atoms with E-state index in [2.05, 4.69) is 17.7 Å². The number of thiol groups is 1. The molecule has 1 atom stereocenters. The lowest BCUT2D eigenvalue weighted by molar-refractivity contribution is 1.16. The van der Waals surface area contributed by atoms with Crippen LogP contribution in [-0.4, -0.2) is 16.2 Å². The zero-order valence-corrected chi connectivity index (χ0v) is 7.66. The molecular weight excluding hydrogens is 166 g/mol. The summed E-state index contributed by atoms with van der Waals surface area (Å²) in [5.74, 6) is 5.85. The number of rotatable bonds is 4. The van der Waals surface area contributed by atoms with Crippen molar-refractivity contribution in [1.29, 1.82) is 0 Å². The Morgan fingerprint density at radius 3 is 2.70 bits per heavy atom. The Kier molecular flexibility index (Phi) is 5.96. The average Bonchev–Trinajstić information content (AvgIpc) is 1.90. The van der Waals surface area contributed by atoms with E-state index in [1.54, 1.807) is 0 Å². The third-order valence-corrected chi connectivity index (χ3v) is 2.30. The molecule has 0 aromatic heterocycles. The van der Waals surface area contributed by atoms with Crippen LogP contribution < -0.4 is 11.6 Å². The van der Waals surface area contributed by atoms with E-state index < -0.39 is 0 Å². The number of thioether (sulfide) groups is 1. The molecule has 0 heterocycles. The van der Waals surface area contributed by atoms with E-state index >= 15 is 0 Å². The second-order valence-electron chi connectivity index (χ2n) is 1.75. The third kappa shape index (κ3) is 4.96. The normalized spacial score (nSPS) is 15.3. The highest BCUT2D eigenvalue weighted by atomic mass is 32.2. The van der Waals surface area contributed by atoms with Crippen molar-refractivity contribution < 1.29 is 0 Å². The molecule has 0 saturated carbocycles. The minimum Gasteiger partial charge on any atom is -0.323 e. The number of nitrogens with zero attached hydrogens (tertiary/aromatic N) is 1. The lowest BCUT2D eigenvalue weighted by Crippen LogP contribution is -2.12. The van der Waals surface area contributed by atoms with Gasteiger partial charge in [-0.25, -0.2) is 0 Å². The Balaban J connectivity index is 3.46. The van der Waals surface area contributed by atoms with Crippen LogP contribution in [0.3, 0.4) is 0 Å². The van der Waals surface area contributed by atoms with Gasteiger partial charge in [-0.1, -0.05) is 6.92 Å². The number of hydrogen-bond donors (Lipinski definition) is 3. The highest BCUT2D eigenvalue weighted by molar-refractivity contribution is 8.10. The number of hydrazone groups is 1. The molecule has 0 aromatic carbocycles. The molecule has 4 N–H and O–H groups in total. The molecule has 0 saturated heterocycles. The van der Waals surface area contributed by atoms with Crippen molar-refractivity contribution in [3.8, 4) is 0 Å². The topological polar surface area (TPSA) is 64.4 Å². The first-order valence-electron chi connectivity index (χ1n) is 3.01. The second-order valence-corrected chi connectivity index (χ2v) is 3.79. The lowest BCUT2D eigenvalue weighted by Gasteiger charge is -2.03. The van der Waals surface area contributed by atoms with Crippen LogP contribution in [0.1, 0.15) is 13.3 Å². The van der Waals surface area contributed by atoms with Crippen LogP contribution >= 0.6 is 24.4 Å². The summed E-state index contributed by atoms with van der Waals surface area (Å²) in [5.41, 5.74) is 6.35. The van der Waals surface area contributed by atoms with Crippen molar-refractivity contribution in [2.45, 2.75) is 18.1 Å². The number of nitrogens with two attached hydrogens (primary N) is 2. The fraction of sp³-hybridized carbons (Fsp3) is 0.800. The highest BCUT2D eigenvalue weighted by Crippen LogP contribution is 2.09. The van der Waals surface area contributed by atoms with Crippen molar-refractivity contribution in [1.82, 2.24) is 0 Å². The Bertz CT molecular complexity index is 113. The van der Waals surface area contributed by atoms with Gasteiger partial charge < -0.3 is 11.6 Å². The first kappa shape index (κ1) is 10.1. The van der Waals surface area contributed by atoms with Crippen LogP contribution in [0.25, 0.3) is 0 Å². The molecule has 60 valence electrons. The molecule has 0 fully saturated rings. The predicted molar refractivity (Wildman–Crippen MR) is 51.3 cm³/mol. The summed E-state index contributed by atoms with van der Waals surface area (Å²) in [4.78, 5) is 0. The molecular formula is C5H13N3S2. The zero-order chi connectivity index (χ0) is 7.98. The Labute approximate surface area is 71.0 Å². The molecule has 0 amide bonds. The van der Waals surface area contributed by atoms with E-state index in [-0.39, 0.29) is 4.71 Å². The van der Waals surface area contributed by atoms with Gasteiger partial charge in [-0.05, 0) is 6.42 Å². The second kappa shape index (κ2) is 5.88. The first-order chi connectivity index (χ1) is 4.70. The molecule has 0 bridgehead atoms. The summed E-state index contributed by atoms with van der Waals surface area (Å²) in [5, 5.41) is 3.58. The highest BCUT2D eigenvalue weighted by Gasteiger charge is 1.98. The maximum absolute atomic E-state index is 5.38. The maximum atomic E-state index is 5.38. The monoisotopic (exact) mass is 179 g/mol. The predicted octanol–water partition coefficient (Wildman–Crippen LogP) is 0.616. The van der Waals surface area contributed by atoms with Gasteiger partial charge in [-0.3, -0.25) is 0 Å². The minimum absolute atomic E-state index is 0.136. The molecule has 0 aliphatic carbocycles. The molecule has 3 nitrogen and oxygen atoms in total. The van der Waals surface area contributed by atoms with Gasteiger partial charge in [0.1, 0.15) is 0 Å². The molecule has 0 aliphatic heterocycles. The van der Waals surface area contributed by atoms with E-state index in [1.165, 1.54) is 11.8 Å². The molecule has 1 unspecified atom stereocenters. The van der Waals surface area contributed by atoms with Crippen LogP contribution in [0.5, 0.6) is 0 Å². The summed E-state index contributed by atoms with van der Waals surface area (Å²) in [7, 11) is 0. The third-order valence-electron chi connectivity index (χ3n) is 1.01. The van der Waals surface area contributed by atoms with Crippen LogP contribution in [0.15, 0.2) is 5.10 Å². The standard InChI is InChI=1S/C5H13N3S2/c1-2-4(8-7)3-10-5(6)9/h5,9H,2-3,6-7H2,1H3/b8-4-. The molecule has 0 aromatic rings. The van der Waals surface area contributed by atoms with Crippen molar-refractivity contribution in [3.63, 3.8) is 0 Å². The van der Waals surface area contributed by atoms with Crippen LogP contribution in [0.4, 0.5) is 0 Å². The van der Waals surface area contributed by atoms with Gasteiger partial charge in [0.05, 0.1) is 4.71 Å². The Hall–Kier alpha value is 0.130. The van der Waals surface area contributed by atoms with Gasteiger partial charge in [0.25, 0.3) is 0 Å². The SMILES string of the molecule is CC/C(CSC(N)S)=N/N. The maximum Gasteiger partial charge on any atom is 0.0951 e. The largest absolute Gasteiger partial charge is 0.323 e. The fourth-order valence-corrected chi connectivity index (χ4v) is 1.28. The van der Waals surface area contributed by atoms with Crippen LogP contribution in [-0.2, 0) is 0 Å². The molecule has 10 heavy (non-hydrogen) atoms. The van der Waals surface area contributed by atoms with E-state index in [1.807, 2.05) is 6.92 Å². The van der Waals surface area contributed by atoms with Crippen molar-refractivity contribution in [2.24, 2.45) is 16.7 Å². The summed E-state index contributed by atoms with van der Waals surface area (Å²) >= 11 is 5.51. The van der Waals surface area contributed by atoms with E-state index in [9.17, 15) is 0 Å². The Morgan fingerprint density at radius 2 is 2.40 bits per heavy atom. The van der Waals surface area contributed by atoms with Gasteiger partial charge in [0.2, 0.25) is 0 Å². The zero-order valence-electron chi connectivity index (χ0n) is 5.95. The summed E-state index contributed by atoms with van der Waals surface area (Å²) in [6.07, 6.45) is 0.879. The molecule has 0 rings (SSSR count). The smallest absolute Gasteiger partial charge is 0.0951 e. The average molecular weight is 179 g/mol. The van der Waals surface area contributed by atoms with Crippen LogP contribution in [0, 0.1) is 0 Å². The number of hydrogen-bond acceptors (Lipinski definition) is 5. The van der Waals surface area contributed by atoms with Gasteiger partial charge in [-0.15, -0.1) is 24.4 Å². The fourth-order valence-electron chi connectivity index (χ4n) is 0.412. The molecule has 0 aliphatic rings. The van der Waals surface area contributed by atoms with Gasteiger partial charge in [0.15, 0.2) is 0 Å². The van der Waals surface area contributed by atoms with Crippen molar-refractivity contribution >= 4 is 30.1 Å². The lowest BCUT2D eigenvalue weighted by atomic mass is 10.3. The molecule has 5 heteroatoms. The molecule has 0 spiro atoms. The summed E-state index contributed by atoms with van der Waals surface area (Å²) < 4.78 is -0.136. The molecule has 0 radical (unpaired) electrons.